The molecule has 2 heterocycles. The number of nitrogens with zero attached hydrogens (tertiary/aromatic N) is 3. The minimum atomic E-state index is 0.219. The Kier molecular flexibility index (Phi) is 3.28. The number of hydrogen-bond donors (Lipinski definition) is 1. The van der Waals surface area contributed by atoms with Gasteiger partial charge in [-0.3, -0.25) is 0 Å². The fourth-order valence-electron chi connectivity index (χ4n) is 2.02. The molecule has 0 saturated carbocycles. The van der Waals surface area contributed by atoms with Crippen LogP contribution in [0.1, 0.15) is 35.7 Å². The molecule has 2 aromatic rings. The van der Waals surface area contributed by atoms with E-state index in [9.17, 15) is 0 Å². The molecular weight excluding hydrogens is 216 g/mol. The number of aromatic nitrogens is 3. The second-order valence-corrected chi connectivity index (χ2v) is 4.34. The predicted octanol–water partition coefficient (Wildman–Crippen LogP) is 1.88. The van der Waals surface area contributed by atoms with Crippen molar-refractivity contribution in [2.45, 2.75) is 33.4 Å². The van der Waals surface area contributed by atoms with Crippen LogP contribution in [0.4, 0.5) is 0 Å². The lowest BCUT2D eigenvalue weighted by Gasteiger charge is -2.13. The largest absolute Gasteiger partial charge is 0.361 e. The Balaban J connectivity index is 2.03. The van der Waals surface area contributed by atoms with E-state index in [0.717, 1.165) is 29.3 Å². The fraction of sp³-hybridized carbons (Fsp3) is 0.500. The minimum Gasteiger partial charge on any atom is -0.361 e. The molecule has 1 unspecified atom stereocenters. The highest BCUT2D eigenvalue weighted by molar-refractivity contribution is 5.24. The highest BCUT2D eigenvalue weighted by atomic mass is 16.5. The SMILES string of the molecule is Cc1noc(C)c1C(C)NCc1cncn1C. The Bertz CT molecular complexity index is 481. The second-order valence-electron chi connectivity index (χ2n) is 4.34. The van der Waals surface area contributed by atoms with Crippen LogP contribution >= 0.6 is 0 Å². The lowest BCUT2D eigenvalue weighted by Crippen LogP contribution is -2.20. The number of aryl methyl sites for hydroxylation is 3. The van der Waals surface area contributed by atoms with Crippen molar-refractivity contribution in [2.24, 2.45) is 7.05 Å². The summed E-state index contributed by atoms with van der Waals surface area (Å²) in [6, 6.07) is 0.219. The van der Waals surface area contributed by atoms with Gasteiger partial charge in [-0.1, -0.05) is 5.16 Å². The van der Waals surface area contributed by atoms with Crippen LogP contribution in [0.15, 0.2) is 17.0 Å². The summed E-state index contributed by atoms with van der Waals surface area (Å²) in [5, 5.41) is 7.42. The van der Waals surface area contributed by atoms with Gasteiger partial charge in [0.15, 0.2) is 0 Å². The molecule has 0 radical (unpaired) electrons. The molecule has 0 aromatic carbocycles. The monoisotopic (exact) mass is 234 g/mol. The first-order valence-corrected chi connectivity index (χ1v) is 5.71. The van der Waals surface area contributed by atoms with Crippen LogP contribution in [0.3, 0.4) is 0 Å². The van der Waals surface area contributed by atoms with Crippen molar-refractivity contribution < 1.29 is 4.52 Å². The van der Waals surface area contributed by atoms with Crippen molar-refractivity contribution in [3.63, 3.8) is 0 Å². The van der Waals surface area contributed by atoms with Crippen molar-refractivity contribution in [2.75, 3.05) is 0 Å². The van der Waals surface area contributed by atoms with Crippen molar-refractivity contribution in [3.8, 4) is 0 Å². The molecule has 0 amide bonds. The summed E-state index contributed by atoms with van der Waals surface area (Å²) in [7, 11) is 1.99. The highest BCUT2D eigenvalue weighted by Gasteiger charge is 2.15. The zero-order valence-corrected chi connectivity index (χ0v) is 10.7. The lowest BCUT2D eigenvalue weighted by molar-refractivity contribution is 0.390. The van der Waals surface area contributed by atoms with Gasteiger partial charge in [0, 0.05) is 31.4 Å². The summed E-state index contributed by atoms with van der Waals surface area (Å²) >= 11 is 0. The molecule has 2 aromatic heterocycles. The maximum absolute atomic E-state index is 5.17. The van der Waals surface area contributed by atoms with Crippen molar-refractivity contribution in [1.29, 1.82) is 0 Å². The normalized spacial score (nSPS) is 12.9. The van der Waals surface area contributed by atoms with E-state index in [1.54, 1.807) is 6.33 Å². The molecule has 1 atom stereocenters. The third-order valence-electron chi connectivity index (χ3n) is 3.03. The van der Waals surface area contributed by atoms with Crippen molar-refractivity contribution in [3.05, 3.63) is 35.2 Å². The van der Waals surface area contributed by atoms with Gasteiger partial charge in [-0.25, -0.2) is 4.98 Å². The molecule has 0 fully saturated rings. The minimum absolute atomic E-state index is 0.219. The standard InChI is InChI=1S/C12H18N4O/c1-8(12-9(2)15-17-10(12)3)14-6-11-5-13-7-16(11)4/h5,7-8,14H,6H2,1-4H3. The van der Waals surface area contributed by atoms with E-state index in [1.165, 1.54) is 0 Å². The maximum Gasteiger partial charge on any atom is 0.138 e. The van der Waals surface area contributed by atoms with Crippen molar-refractivity contribution >= 4 is 0 Å². The molecule has 5 nitrogen and oxygen atoms in total. The van der Waals surface area contributed by atoms with E-state index < -0.39 is 0 Å². The highest BCUT2D eigenvalue weighted by Crippen LogP contribution is 2.21. The van der Waals surface area contributed by atoms with Crippen molar-refractivity contribution in [1.82, 2.24) is 20.0 Å². The molecular formula is C12H18N4O. The molecule has 0 bridgehead atoms. The zero-order chi connectivity index (χ0) is 12.4. The molecule has 0 aliphatic rings. The van der Waals surface area contributed by atoms with Crippen LogP contribution in [0, 0.1) is 13.8 Å². The molecule has 0 saturated heterocycles. The van der Waals surface area contributed by atoms with Gasteiger partial charge in [0.25, 0.3) is 0 Å². The van der Waals surface area contributed by atoms with Gasteiger partial charge in [0.05, 0.1) is 17.7 Å². The van der Waals surface area contributed by atoms with Gasteiger partial charge in [0.1, 0.15) is 5.76 Å². The van der Waals surface area contributed by atoms with E-state index in [0.29, 0.717) is 0 Å². The third-order valence-corrected chi connectivity index (χ3v) is 3.03. The first kappa shape index (κ1) is 11.9. The van der Waals surface area contributed by atoms with Crippen LogP contribution in [-0.4, -0.2) is 14.7 Å². The van der Waals surface area contributed by atoms with E-state index in [2.05, 4.69) is 22.4 Å². The molecule has 92 valence electrons. The maximum atomic E-state index is 5.17. The topological polar surface area (TPSA) is 55.9 Å². The van der Waals surface area contributed by atoms with E-state index >= 15 is 0 Å². The Morgan fingerprint density at radius 3 is 2.76 bits per heavy atom. The third kappa shape index (κ3) is 2.39. The zero-order valence-electron chi connectivity index (χ0n) is 10.7. The molecule has 0 spiro atoms. The van der Waals surface area contributed by atoms with Gasteiger partial charge in [-0.05, 0) is 20.8 Å². The molecule has 0 aliphatic carbocycles. The number of hydrogen-bond acceptors (Lipinski definition) is 4. The number of imidazole rings is 1. The van der Waals surface area contributed by atoms with Gasteiger partial charge in [0.2, 0.25) is 0 Å². The van der Waals surface area contributed by atoms with Gasteiger partial charge >= 0.3 is 0 Å². The van der Waals surface area contributed by atoms with Gasteiger partial charge in [-0.2, -0.15) is 0 Å². The van der Waals surface area contributed by atoms with Gasteiger partial charge in [-0.15, -0.1) is 0 Å². The van der Waals surface area contributed by atoms with E-state index in [-0.39, 0.29) is 6.04 Å². The van der Waals surface area contributed by atoms with Crippen LogP contribution in [0.25, 0.3) is 0 Å². The Morgan fingerprint density at radius 2 is 2.24 bits per heavy atom. The summed E-state index contributed by atoms with van der Waals surface area (Å²) in [6.45, 7) is 6.80. The Labute approximate surface area is 101 Å². The molecule has 5 heteroatoms. The molecule has 2 rings (SSSR count). The first-order valence-electron chi connectivity index (χ1n) is 5.71. The summed E-state index contributed by atoms with van der Waals surface area (Å²) in [6.07, 6.45) is 3.67. The summed E-state index contributed by atoms with van der Waals surface area (Å²) in [4.78, 5) is 4.09. The Hall–Kier alpha value is -1.62. The van der Waals surface area contributed by atoms with Crippen LogP contribution in [-0.2, 0) is 13.6 Å². The summed E-state index contributed by atoms with van der Waals surface area (Å²) < 4.78 is 7.18. The number of nitrogens with one attached hydrogen (secondary N) is 1. The average molecular weight is 234 g/mol. The second kappa shape index (κ2) is 4.71. The number of rotatable bonds is 4. The average Bonchev–Trinajstić information content (AvgIpc) is 2.83. The molecule has 0 aliphatic heterocycles. The predicted molar refractivity (Wildman–Crippen MR) is 64.4 cm³/mol. The molecule has 1 N–H and O–H groups in total. The lowest BCUT2D eigenvalue weighted by atomic mass is 10.1. The smallest absolute Gasteiger partial charge is 0.138 e. The van der Waals surface area contributed by atoms with E-state index in [4.69, 9.17) is 4.52 Å². The van der Waals surface area contributed by atoms with Crippen LogP contribution in [0.2, 0.25) is 0 Å². The quantitative estimate of drug-likeness (QED) is 0.877. The molecule has 17 heavy (non-hydrogen) atoms. The first-order chi connectivity index (χ1) is 8.09. The van der Waals surface area contributed by atoms with Gasteiger partial charge < -0.3 is 14.4 Å². The Morgan fingerprint density at radius 1 is 1.47 bits per heavy atom. The van der Waals surface area contributed by atoms with Crippen LogP contribution < -0.4 is 5.32 Å². The van der Waals surface area contributed by atoms with E-state index in [1.807, 2.05) is 31.7 Å². The van der Waals surface area contributed by atoms with Crippen LogP contribution in [0.5, 0.6) is 0 Å². The fourth-order valence-corrected chi connectivity index (χ4v) is 2.02. The summed E-state index contributed by atoms with van der Waals surface area (Å²) in [5.74, 6) is 0.882. The summed E-state index contributed by atoms with van der Waals surface area (Å²) in [5.41, 5.74) is 3.25.